The van der Waals surface area contributed by atoms with E-state index in [2.05, 4.69) is 9.71 Å². The second-order valence-electron chi connectivity index (χ2n) is 4.98. The van der Waals surface area contributed by atoms with E-state index < -0.39 is 20.6 Å². The van der Waals surface area contributed by atoms with Crippen LogP contribution in [0.1, 0.15) is 5.56 Å². The van der Waals surface area contributed by atoms with Crippen LogP contribution in [0.15, 0.2) is 45.5 Å². The van der Waals surface area contributed by atoms with Crippen molar-refractivity contribution in [3.05, 3.63) is 56.9 Å². The van der Waals surface area contributed by atoms with Crippen LogP contribution in [0.2, 0.25) is 4.34 Å². The molecule has 0 atom stereocenters. The minimum Gasteiger partial charge on any atom is -0.444 e. The lowest BCUT2D eigenvalue weighted by Gasteiger charge is -2.10. The summed E-state index contributed by atoms with van der Waals surface area (Å²) in [5, 5.41) is 20.4. The van der Waals surface area contributed by atoms with Gasteiger partial charge in [0.15, 0.2) is 16.5 Å². The topological polar surface area (TPSA) is 136 Å². The van der Waals surface area contributed by atoms with E-state index in [1.807, 2.05) is 0 Å². The van der Waals surface area contributed by atoms with Crippen molar-refractivity contribution in [3.8, 4) is 11.3 Å². The van der Waals surface area contributed by atoms with Crippen LogP contribution in [-0.2, 0) is 16.6 Å². The second-order valence-corrected chi connectivity index (χ2v) is 8.55. The number of hydrogen-bond donors (Lipinski definition) is 2. The lowest BCUT2D eigenvalue weighted by atomic mass is 10.1. The first-order valence-corrected chi connectivity index (χ1v) is 9.59. The molecular weight excluding hydrogens is 406 g/mol. The molecule has 3 rings (SSSR count). The van der Waals surface area contributed by atoms with Crippen molar-refractivity contribution in [2.75, 3.05) is 4.72 Å². The minimum absolute atomic E-state index is 0.171. The smallest absolute Gasteiger partial charge is 0.300 e. The van der Waals surface area contributed by atoms with Crippen molar-refractivity contribution in [3.63, 3.8) is 0 Å². The van der Waals surface area contributed by atoms with Crippen LogP contribution < -0.4 is 4.72 Å². The Balaban J connectivity index is 1.93. The molecule has 2 N–H and O–H groups in total. The monoisotopic (exact) mass is 415 g/mol. The van der Waals surface area contributed by atoms with E-state index in [0.717, 1.165) is 6.07 Å². The molecule has 2 heterocycles. The Morgan fingerprint density at radius 1 is 1.38 bits per heavy atom. The van der Waals surface area contributed by atoms with Crippen LogP contribution in [0.25, 0.3) is 11.3 Å². The maximum absolute atomic E-state index is 12.4. The van der Waals surface area contributed by atoms with E-state index in [9.17, 15) is 23.6 Å². The molecule has 0 unspecified atom stereocenters. The highest BCUT2D eigenvalue weighted by atomic mass is 35.5. The molecule has 0 aliphatic heterocycles. The van der Waals surface area contributed by atoms with Crippen molar-refractivity contribution in [1.29, 1.82) is 0 Å². The van der Waals surface area contributed by atoms with E-state index in [1.54, 1.807) is 6.07 Å². The standard InChI is InChI=1S/C14H10ClN3O6S2/c15-14-11(18(20)21)4-13(25-14)26(22,23)17-9-1-2-10(8(3-9)6-19)12-5-16-7-24-12/h1-5,7,17,19H,6H2. The minimum atomic E-state index is -4.08. The number of nitro groups is 1. The maximum atomic E-state index is 12.4. The third kappa shape index (κ3) is 3.55. The molecule has 0 fully saturated rings. The van der Waals surface area contributed by atoms with Crippen molar-refractivity contribution in [1.82, 2.24) is 4.98 Å². The Labute approximate surface area is 156 Å². The van der Waals surface area contributed by atoms with Crippen molar-refractivity contribution in [2.45, 2.75) is 10.8 Å². The summed E-state index contributed by atoms with van der Waals surface area (Å²) in [6.45, 7) is -0.359. The largest absolute Gasteiger partial charge is 0.444 e. The third-order valence-corrected chi connectivity index (χ3v) is 6.53. The number of hydrogen-bond acceptors (Lipinski definition) is 8. The van der Waals surface area contributed by atoms with Gasteiger partial charge < -0.3 is 9.52 Å². The van der Waals surface area contributed by atoms with E-state index in [-0.39, 0.29) is 20.8 Å². The summed E-state index contributed by atoms with van der Waals surface area (Å²) >= 11 is 6.29. The molecule has 12 heteroatoms. The highest BCUT2D eigenvalue weighted by molar-refractivity contribution is 7.94. The van der Waals surface area contributed by atoms with E-state index in [0.29, 0.717) is 28.2 Å². The van der Waals surface area contributed by atoms with Gasteiger partial charge in [0.2, 0.25) is 0 Å². The zero-order valence-corrected chi connectivity index (χ0v) is 15.1. The van der Waals surface area contributed by atoms with Gasteiger partial charge in [-0.2, -0.15) is 0 Å². The molecule has 0 saturated carbocycles. The summed E-state index contributed by atoms with van der Waals surface area (Å²) in [4.78, 5) is 13.9. The van der Waals surface area contributed by atoms with Gasteiger partial charge in [0, 0.05) is 17.3 Å². The van der Waals surface area contributed by atoms with Crippen molar-refractivity contribution < 1.29 is 22.9 Å². The van der Waals surface area contributed by atoms with Crippen LogP contribution >= 0.6 is 22.9 Å². The van der Waals surface area contributed by atoms with Crippen LogP contribution in [0.5, 0.6) is 0 Å². The molecule has 0 radical (unpaired) electrons. The molecule has 0 spiro atoms. The molecule has 3 aromatic rings. The number of anilines is 1. The zero-order valence-electron chi connectivity index (χ0n) is 12.7. The first-order valence-electron chi connectivity index (χ1n) is 6.91. The molecule has 0 amide bonds. The van der Waals surface area contributed by atoms with Crippen LogP contribution in [-0.4, -0.2) is 23.4 Å². The number of rotatable bonds is 6. The van der Waals surface area contributed by atoms with Gasteiger partial charge in [-0.3, -0.25) is 14.8 Å². The van der Waals surface area contributed by atoms with Crippen molar-refractivity contribution in [2.24, 2.45) is 0 Å². The number of nitrogens with zero attached hydrogens (tertiary/aromatic N) is 2. The number of oxazole rings is 1. The predicted molar refractivity (Wildman–Crippen MR) is 94.7 cm³/mol. The second kappa shape index (κ2) is 7.03. The fourth-order valence-electron chi connectivity index (χ4n) is 2.18. The maximum Gasteiger partial charge on any atom is 0.300 e. The average molecular weight is 416 g/mol. The Hall–Kier alpha value is -2.47. The Morgan fingerprint density at radius 2 is 2.15 bits per heavy atom. The number of benzene rings is 1. The van der Waals surface area contributed by atoms with Crippen LogP contribution in [0, 0.1) is 10.1 Å². The van der Waals surface area contributed by atoms with Gasteiger partial charge in [-0.05, 0) is 23.8 Å². The third-order valence-electron chi connectivity index (χ3n) is 3.33. The van der Waals surface area contributed by atoms with Gasteiger partial charge in [-0.15, -0.1) is 11.3 Å². The number of aliphatic hydroxyl groups excluding tert-OH is 1. The number of thiophene rings is 1. The Bertz CT molecular complexity index is 1060. The Morgan fingerprint density at radius 3 is 2.73 bits per heavy atom. The number of aromatic nitrogens is 1. The van der Waals surface area contributed by atoms with Gasteiger partial charge in [0.1, 0.15) is 4.21 Å². The fraction of sp³-hybridized carbons (Fsp3) is 0.0714. The normalized spacial score (nSPS) is 11.5. The summed E-state index contributed by atoms with van der Waals surface area (Å²) < 4.78 is 31.8. The van der Waals surface area contributed by atoms with E-state index in [1.165, 1.54) is 24.7 Å². The lowest BCUT2D eigenvalue weighted by molar-refractivity contribution is -0.384. The molecule has 2 aromatic heterocycles. The van der Waals surface area contributed by atoms with Gasteiger partial charge >= 0.3 is 0 Å². The zero-order chi connectivity index (χ0) is 18.9. The number of nitrogens with one attached hydrogen (secondary N) is 1. The molecule has 136 valence electrons. The molecule has 0 bridgehead atoms. The summed E-state index contributed by atoms with van der Waals surface area (Å²) in [5.74, 6) is 0.420. The van der Waals surface area contributed by atoms with Gasteiger partial charge in [-0.1, -0.05) is 11.6 Å². The average Bonchev–Trinajstić information content (AvgIpc) is 3.24. The van der Waals surface area contributed by atoms with Gasteiger partial charge in [0.05, 0.1) is 17.7 Å². The van der Waals surface area contributed by atoms with Crippen LogP contribution in [0.3, 0.4) is 0 Å². The predicted octanol–water partition coefficient (Wildman–Crippen LogP) is 3.26. The first-order chi connectivity index (χ1) is 12.3. The Kier molecular flexibility index (Phi) is 4.96. The molecule has 26 heavy (non-hydrogen) atoms. The molecule has 1 aromatic carbocycles. The quantitative estimate of drug-likeness (QED) is 0.465. The molecular formula is C14H10ClN3O6S2. The SMILES string of the molecule is O=[N+]([O-])c1cc(S(=O)(=O)Nc2ccc(-c3cnco3)c(CO)c2)sc1Cl. The van der Waals surface area contributed by atoms with E-state index in [4.69, 9.17) is 16.0 Å². The molecule has 0 aliphatic carbocycles. The number of aliphatic hydroxyl groups is 1. The first kappa shape index (κ1) is 18.3. The lowest BCUT2D eigenvalue weighted by Crippen LogP contribution is -2.11. The summed E-state index contributed by atoms with van der Waals surface area (Å²) in [6, 6.07) is 5.36. The van der Waals surface area contributed by atoms with Gasteiger partial charge in [0.25, 0.3) is 15.7 Å². The fourth-order valence-corrected chi connectivity index (χ4v) is 4.89. The summed E-state index contributed by atoms with van der Waals surface area (Å²) in [5.41, 5.74) is 0.665. The number of sulfonamides is 1. The molecule has 0 saturated heterocycles. The van der Waals surface area contributed by atoms with E-state index >= 15 is 0 Å². The highest BCUT2D eigenvalue weighted by Crippen LogP contribution is 2.37. The van der Waals surface area contributed by atoms with Gasteiger partial charge in [-0.25, -0.2) is 13.4 Å². The molecule has 9 nitrogen and oxygen atoms in total. The summed E-state index contributed by atoms with van der Waals surface area (Å²) in [7, 11) is -4.08. The highest BCUT2D eigenvalue weighted by Gasteiger charge is 2.25. The van der Waals surface area contributed by atoms with Crippen molar-refractivity contribution >= 4 is 44.3 Å². The number of halogens is 1. The summed E-state index contributed by atoms with van der Waals surface area (Å²) in [6.07, 6.45) is 2.70. The molecule has 0 aliphatic rings. The van der Waals surface area contributed by atoms with Crippen LogP contribution in [0.4, 0.5) is 11.4 Å².